The molecule has 1 heterocycles. The summed E-state index contributed by atoms with van der Waals surface area (Å²) in [5.41, 5.74) is 7.01. The van der Waals surface area contributed by atoms with Crippen LogP contribution in [-0.4, -0.2) is 24.1 Å². The number of rotatable bonds is 2. The van der Waals surface area contributed by atoms with Gasteiger partial charge >= 0.3 is 0 Å². The molecule has 2 rings (SSSR count). The Morgan fingerprint density at radius 3 is 2.79 bits per heavy atom. The molecule has 1 fully saturated rings. The van der Waals surface area contributed by atoms with Crippen LogP contribution in [0.2, 0.25) is 0 Å². The van der Waals surface area contributed by atoms with Crippen LogP contribution in [0, 0.1) is 6.92 Å². The van der Waals surface area contributed by atoms with E-state index < -0.39 is 0 Å². The van der Waals surface area contributed by atoms with Crippen molar-refractivity contribution >= 4 is 5.82 Å². The molecule has 0 bridgehead atoms. The van der Waals surface area contributed by atoms with Crippen molar-refractivity contribution in [2.75, 3.05) is 11.9 Å². The number of nitrogens with two attached hydrogens (primary N) is 1. The van der Waals surface area contributed by atoms with Crippen LogP contribution in [0.5, 0.6) is 0 Å². The van der Waals surface area contributed by atoms with Crippen molar-refractivity contribution in [3.8, 4) is 0 Å². The third kappa shape index (κ3) is 1.60. The highest BCUT2D eigenvalue weighted by atomic mass is 15.2. The highest BCUT2D eigenvalue weighted by molar-refractivity contribution is 5.46. The zero-order chi connectivity index (χ0) is 10.1. The third-order valence-electron chi connectivity index (χ3n) is 3.01. The molecule has 2 N–H and O–H groups in total. The van der Waals surface area contributed by atoms with E-state index in [9.17, 15) is 0 Å². The first-order valence-corrected chi connectivity index (χ1v) is 5.08. The van der Waals surface area contributed by atoms with Gasteiger partial charge in [0.15, 0.2) is 0 Å². The summed E-state index contributed by atoms with van der Waals surface area (Å²) < 4.78 is 0. The van der Waals surface area contributed by atoms with E-state index in [2.05, 4.69) is 29.9 Å². The van der Waals surface area contributed by atoms with Gasteiger partial charge in [-0.05, 0) is 31.4 Å². The van der Waals surface area contributed by atoms with Crippen LogP contribution in [0.25, 0.3) is 0 Å². The predicted molar refractivity (Wildman–Crippen MR) is 58.4 cm³/mol. The zero-order valence-corrected chi connectivity index (χ0v) is 8.77. The van der Waals surface area contributed by atoms with Crippen molar-refractivity contribution in [1.29, 1.82) is 0 Å². The Labute approximate surface area is 84.9 Å². The van der Waals surface area contributed by atoms with Crippen LogP contribution in [0.4, 0.5) is 5.82 Å². The fourth-order valence-corrected chi connectivity index (χ4v) is 1.97. The summed E-state index contributed by atoms with van der Waals surface area (Å²) in [6, 6.07) is 5.04. The monoisotopic (exact) mass is 191 g/mol. The summed E-state index contributed by atoms with van der Waals surface area (Å²) in [5.74, 6) is 1.09. The molecule has 1 aliphatic carbocycles. The Morgan fingerprint density at radius 2 is 2.21 bits per heavy atom. The van der Waals surface area contributed by atoms with Gasteiger partial charge in [-0.25, -0.2) is 4.98 Å². The maximum absolute atomic E-state index is 5.78. The summed E-state index contributed by atoms with van der Waals surface area (Å²) in [7, 11) is 2.10. The maximum atomic E-state index is 5.78. The fraction of sp³-hybridized carbons (Fsp3) is 0.545. The standard InChI is InChI=1S/C11H17N3/c1-8-4-3-5-13-11(8)14(2)10-6-9(12)7-10/h3-5,9-10H,6-7,12H2,1-2H3. The number of nitrogens with zero attached hydrogens (tertiary/aromatic N) is 2. The lowest BCUT2D eigenvalue weighted by Gasteiger charge is -2.40. The summed E-state index contributed by atoms with van der Waals surface area (Å²) in [6.45, 7) is 2.09. The minimum absolute atomic E-state index is 0.395. The van der Waals surface area contributed by atoms with Crippen molar-refractivity contribution in [3.05, 3.63) is 23.9 Å². The van der Waals surface area contributed by atoms with Crippen LogP contribution in [0.15, 0.2) is 18.3 Å². The van der Waals surface area contributed by atoms with Gasteiger partial charge in [-0.1, -0.05) is 6.07 Å². The maximum Gasteiger partial charge on any atom is 0.131 e. The van der Waals surface area contributed by atoms with Crippen molar-refractivity contribution in [3.63, 3.8) is 0 Å². The van der Waals surface area contributed by atoms with Crippen molar-refractivity contribution in [2.45, 2.75) is 31.8 Å². The lowest BCUT2D eigenvalue weighted by Crippen LogP contribution is -2.49. The summed E-state index contributed by atoms with van der Waals surface area (Å²) in [4.78, 5) is 6.64. The van der Waals surface area contributed by atoms with Crippen molar-refractivity contribution in [1.82, 2.24) is 4.98 Å². The van der Waals surface area contributed by atoms with Crippen LogP contribution < -0.4 is 10.6 Å². The van der Waals surface area contributed by atoms with Crippen molar-refractivity contribution in [2.24, 2.45) is 5.73 Å². The lowest BCUT2D eigenvalue weighted by atomic mass is 9.86. The second kappa shape index (κ2) is 3.58. The normalized spacial score (nSPS) is 25.6. The molecular weight excluding hydrogens is 174 g/mol. The van der Waals surface area contributed by atoms with Gasteiger partial charge in [0.2, 0.25) is 0 Å². The topological polar surface area (TPSA) is 42.2 Å². The minimum atomic E-state index is 0.395. The van der Waals surface area contributed by atoms with E-state index in [-0.39, 0.29) is 0 Å². The molecule has 14 heavy (non-hydrogen) atoms. The van der Waals surface area contributed by atoms with Crippen LogP contribution >= 0.6 is 0 Å². The largest absolute Gasteiger partial charge is 0.356 e. The molecule has 0 aliphatic heterocycles. The van der Waals surface area contributed by atoms with Gasteiger partial charge in [0.25, 0.3) is 0 Å². The average molecular weight is 191 g/mol. The summed E-state index contributed by atoms with van der Waals surface area (Å²) in [5, 5.41) is 0. The quantitative estimate of drug-likeness (QED) is 0.766. The van der Waals surface area contributed by atoms with Gasteiger partial charge in [0.1, 0.15) is 5.82 Å². The number of aryl methyl sites for hydroxylation is 1. The molecule has 1 aromatic rings. The molecule has 0 spiro atoms. The van der Waals surface area contributed by atoms with Gasteiger partial charge in [-0.2, -0.15) is 0 Å². The van der Waals surface area contributed by atoms with Gasteiger partial charge in [0.05, 0.1) is 0 Å². The molecule has 76 valence electrons. The molecule has 1 aliphatic rings. The van der Waals surface area contributed by atoms with E-state index in [0.29, 0.717) is 12.1 Å². The highest BCUT2D eigenvalue weighted by Crippen LogP contribution is 2.27. The van der Waals surface area contributed by atoms with E-state index >= 15 is 0 Å². The molecule has 3 nitrogen and oxygen atoms in total. The molecule has 1 saturated carbocycles. The predicted octanol–water partition coefficient (Wildman–Crippen LogP) is 1.32. The van der Waals surface area contributed by atoms with Gasteiger partial charge < -0.3 is 10.6 Å². The Bertz CT molecular complexity index is 318. The first-order valence-electron chi connectivity index (χ1n) is 5.08. The first kappa shape index (κ1) is 9.46. The molecule has 0 atom stereocenters. The SMILES string of the molecule is Cc1cccnc1N(C)C1CC(N)C1. The Kier molecular flexibility index (Phi) is 2.42. The van der Waals surface area contributed by atoms with Crippen LogP contribution in [0.3, 0.4) is 0 Å². The molecule has 1 aromatic heterocycles. The van der Waals surface area contributed by atoms with Gasteiger partial charge in [-0.15, -0.1) is 0 Å². The molecule has 3 heteroatoms. The Morgan fingerprint density at radius 1 is 1.50 bits per heavy atom. The van der Waals surface area contributed by atoms with Crippen LogP contribution in [0.1, 0.15) is 18.4 Å². The van der Waals surface area contributed by atoms with Gasteiger partial charge in [-0.3, -0.25) is 0 Å². The van der Waals surface area contributed by atoms with E-state index in [1.165, 1.54) is 5.56 Å². The summed E-state index contributed by atoms with van der Waals surface area (Å²) in [6.07, 6.45) is 4.02. The molecule has 0 radical (unpaired) electrons. The smallest absolute Gasteiger partial charge is 0.131 e. The molecule has 0 saturated heterocycles. The molecule has 0 amide bonds. The number of aromatic nitrogens is 1. The molecule has 0 unspecified atom stereocenters. The highest BCUT2D eigenvalue weighted by Gasteiger charge is 2.30. The number of anilines is 1. The molecular formula is C11H17N3. The molecule has 0 aromatic carbocycles. The van der Waals surface area contributed by atoms with Crippen molar-refractivity contribution < 1.29 is 0 Å². The van der Waals surface area contributed by atoms with E-state index in [1.807, 2.05) is 12.3 Å². The average Bonchev–Trinajstić information content (AvgIpc) is 2.13. The number of pyridine rings is 1. The Balaban J connectivity index is 2.11. The number of hydrogen-bond donors (Lipinski definition) is 1. The number of hydrogen-bond acceptors (Lipinski definition) is 3. The van der Waals surface area contributed by atoms with Crippen LogP contribution in [-0.2, 0) is 0 Å². The van der Waals surface area contributed by atoms with E-state index in [4.69, 9.17) is 5.73 Å². The van der Waals surface area contributed by atoms with E-state index in [1.54, 1.807) is 0 Å². The fourth-order valence-electron chi connectivity index (χ4n) is 1.97. The second-order valence-corrected chi connectivity index (χ2v) is 4.14. The lowest BCUT2D eigenvalue weighted by molar-refractivity contribution is 0.338. The second-order valence-electron chi connectivity index (χ2n) is 4.14. The van der Waals surface area contributed by atoms with E-state index in [0.717, 1.165) is 18.7 Å². The minimum Gasteiger partial charge on any atom is -0.356 e. The third-order valence-corrected chi connectivity index (χ3v) is 3.01. The summed E-state index contributed by atoms with van der Waals surface area (Å²) >= 11 is 0. The Hall–Kier alpha value is -1.09. The van der Waals surface area contributed by atoms with Gasteiger partial charge in [0, 0.05) is 25.3 Å². The zero-order valence-electron chi connectivity index (χ0n) is 8.77. The first-order chi connectivity index (χ1) is 6.68.